The predicted octanol–water partition coefficient (Wildman–Crippen LogP) is 4.07. The van der Waals surface area contributed by atoms with E-state index in [-0.39, 0.29) is 43.2 Å². The van der Waals surface area contributed by atoms with E-state index >= 15 is 0 Å². The number of hydrogen-bond donors (Lipinski definition) is 3. The summed E-state index contributed by atoms with van der Waals surface area (Å²) in [6.07, 6.45) is 1.82. The number of fused-ring (bicyclic) bond motifs is 3. The number of carbonyl (C=O) groups excluding carboxylic acids is 2. The van der Waals surface area contributed by atoms with Crippen LogP contribution in [0.15, 0.2) is 48.5 Å². The Morgan fingerprint density at radius 1 is 1.06 bits per heavy atom. The first-order valence-electron chi connectivity index (χ1n) is 12.0. The van der Waals surface area contributed by atoms with Crippen molar-refractivity contribution in [1.82, 2.24) is 10.6 Å². The molecule has 0 bridgehead atoms. The van der Waals surface area contributed by atoms with Crippen LogP contribution in [0.5, 0.6) is 0 Å². The summed E-state index contributed by atoms with van der Waals surface area (Å²) < 4.78 is 5.59. The standard InChI is InChI=1S/C28H30N2O5/c1-2-3-14-25(27(33)29-24-15-8-9-18(24)16-26(31)32)30-28(34)35-17-23-21-12-6-4-10-19(21)20-11-5-7-13-22(20)23/h4-7,10-13,18,23-25H,8-9,14-17H2,1H3,(H,29,33)(H,30,34)(H,31,32)/t18-,24+,25?/m0/s1. The highest BCUT2D eigenvalue weighted by molar-refractivity contribution is 5.86. The fraction of sp³-hybridized carbons (Fsp3) is 0.393. The first kappa shape index (κ1) is 24.3. The molecule has 3 N–H and O–H groups in total. The van der Waals surface area contributed by atoms with Crippen molar-refractivity contribution in [2.24, 2.45) is 5.92 Å². The number of nitrogens with one attached hydrogen (secondary N) is 2. The van der Waals surface area contributed by atoms with Crippen molar-refractivity contribution < 1.29 is 24.2 Å². The van der Waals surface area contributed by atoms with Crippen LogP contribution in [0.1, 0.15) is 56.1 Å². The van der Waals surface area contributed by atoms with E-state index in [1.165, 1.54) is 0 Å². The first-order chi connectivity index (χ1) is 17.0. The van der Waals surface area contributed by atoms with Gasteiger partial charge in [0.05, 0.1) is 6.42 Å². The minimum Gasteiger partial charge on any atom is -0.481 e. The molecule has 35 heavy (non-hydrogen) atoms. The lowest BCUT2D eigenvalue weighted by Crippen LogP contribution is -2.50. The highest BCUT2D eigenvalue weighted by Crippen LogP contribution is 2.44. The van der Waals surface area contributed by atoms with E-state index < -0.39 is 18.1 Å². The van der Waals surface area contributed by atoms with Crippen LogP contribution in [0, 0.1) is 17.8 Å². The average Bonchev–Trinajstić information content (AvgIpc) is 3.41. The number of aliphatic carboxylic acids is 1. The molecule has 0 aliphatic heterocycles. The topological polar surface area (TPSA) is 105 Å². The normalized spacial score (nSPS) is 19.0. The fourth-order valence-electron chi connectivity index (χ4n) is 5.17. The molecule has 0 spiro atoms. The maximum absolute atomic E-state index is 13.0. The molecule has 0 aromatic heterocycles. The third-order valence-electron chi connectivity index (χ3n) is 6.86. The number of ether oxygens (including phenoxy) is 1. The minimum atomic E-state index is -0.885. The summed E-state index contributed by atoms with van der Waals surface area (Å²) in [5.74, 6) is 4.17. The number of amides is 2. The van der Waals surface area contributed by atoms with Crippen LogP contribution in [0.4, 0.5) is 4.79 Å². The van der Waals surface area contributed by atoms with Crippen LogP contribution in [0.25, 0.3) is 11.1 Å². The third kappa shape index (κ3) is 5.65. The van der Waals surface area contributed by atoms with Crippen molar-refractivity contribution in [2.45, 2.75) is 57.0 Å². The minimum absolute atomic E-state index is 0.0180. The molecular weight excluding hydrogens is 444 g/mol. The molecule has 1 unspecified atom stereocenters. The van der Waals surface area contributed by atoms with Gasteiger partial charge in [-0.05, 0) is 47.9 Å². The Balaban J connectivity index is 1.39. The number of hydrogen-bond acceptors (Lipinski definition) is 4. The Morgan fingerprint density at radius 2 is 1.71 bits per heavy atom. The van der Waals surface area contributed by atoms with E-state index in [1.54, 1.807) is 6.92 Å². The van der Waals surface area contributed by atoms with Crippen molar-refractivity contribution in [3.63, 3.8) is 0 Å². The molecule has 7 heteroatoms. The Morgan fingerprint density at radius 3 is 2.34 bits per heavy atom. The van der Waals surface area contributed by atoms with Crippen LogP contribution in [-0.2, 0) is 14.3 Å². The zero-order valence-electron chi connectivity index (χ0n) is 19.8. The van der Waals surface area contributed by atoms with Gasteiger partial charge in [0.25, 0.3) is 0 Å². The van der Waals surface area contributed by atoms with Crippen LogP contribution < -0.4 is 10.6 Å². The summed E-state index contributed by atoms with van der Waals surface area (Å²) in [5.41, 5.74) is 4.50. The molecule has 0 heterocycles. The van der Waals surface area contributed by atoms with Gasteiger partial charge in [0.1, 0.15) is 12.6 Å². The number of benzene rings is 2. The monoisotopic (exact) mass is 474 g/mol. The summed E-state index contributed by atoms with van der Waals surface area (Å²) in [6.45, 7) is 1.82. The SMILES string of the molecule is CC#CCC(NC(=O)OCC1c2ccccc2-c2ccccc21)C(=O)N[C@@H]1CCC[C@H]1CC(=O)O. The molecule has 182 valence electrons. The number of rotatable bonds is 8. The van der Waals surface area contributed by atoms with E-state index in [1.807, 2.05) is 36.4 Å². The smallest absolute Gasteiger partial charge is 0.407 e. The van der Waals surface area contributed by atoms with E-state index in [0.29, 0.717) is 0 Å². The summed E-state index contributed by atoms with van der Waals surface area (Å²) >= 11 is 0. The number of carboxylic acids is 1. The lowest BCUT2D eigenvalue weighted by molar-refractivity contribution is -0.138. The van der Waals surface area contributed by atoms with Gasteiger partial charge in [-0.1, -0.05) is 55.0 Å². The Bertz CT molecular complexity index is 1120. The Hall–Kier alpha value is -3.79. The molecule has 2 aromatic carbocycles. The van der Waals surface area contributed by atoms with Gasteiger partial charge < -0.3 is 20.5 Å². The van der Waals surface area contributed by atoms with Gasteiger partial charge in [-0.25, -0.2) is 4.79 Å². The number of carboxylic acid groups (broad SMARTS) is 1. The molecule has 1 saturated carbocycles. The van der Waals surface area contributed by atoms with E-state index in [2.05, 4.69) is 34.6 Å². The quantitative estimate of drug-likeness (QED) is 0.501. The van der Waals surface area contributed by atoms with Crippen LogP contribution in [0.2, 0.25) is 0 Å². The maximum Gasteiger partial charge on any atom is 0.407 e. The van der Waals surface area contributed by atoms with Crippen molar-refractivity contribution >= 4 is 18.0 Å². The average molecular weight is 475 g/mol. The molecule has 4 rings (SSSR count). The molecule has 2 amide bonds. The fourth-order valence-corrected chi connectivity index (χ4v) is 5.17. The second-order valence-electron chi connectivity index (χ2n) is 9.06. The second-order valence-corrected chi connectivity index (χ2v) is 9.06. The zero-order chi connectivity index (χ0) is 24.8. The molecule has 2 aliphatic rings. The van der Waals surface area contributed by atoms with Crippen molar-refractivity contribution in [1.29, 1.82) is 0 Å². The Labute approximate surface area is 205 Å². The van der Waals surface area contributed by atoms with Gasteiger partial charge >= 0.3 is 12.1 Å². The summed E-state index contributed by atoms with van der Waals surface area (Å²) in [5, 5.41) is 14.7. The van der Waals surface area contributed by atoms with Crippen molar-refractivity contribution in [3.8, 4) is 23.0 Å². The van der Waals surface area contributed by atoms with E-state index in [4.69, 9.17) is 9.84 Å². The molecule has 1 fully saturated rings. The van der Waals surface area contributed by atoms with Crippen LogP contribution in [0.3, 0.4) is 0 Å². The van der Waals surface area contributed by atoms with Gasteiger partial charge in [-0.2, -0.15) is 0 Å². The molecular formula is C28H30N2O5. The predicted molar refractivity (Wildman–Crippen MR) is 132 cm³/mol. The second kappa shape index (κ2) is 11.1. The highest BCUT2D eigenvalue weighted by Gasteiger charge is 2.33. The lowest BCUT2D eigenvalue weighted by atomic mass is 9.98. The molecule has 3 atom stereocenters. The number of alkyl carbamates (subject to hydrolysis) is 1. The van der Waals surface area contributed by atoms with E-state index in [9.17, 15) is 14.4 Å². The molecule has 2 aromatic rings. The van der Waals surface area contributed by atoms with Gasteiger partial charge in [-0.15, -0.1) is 11.8 Å². The molecule has 7 nitrogen and oxygen atoms in total. The Kier molecular flexibility index (Phi) is 7.71. The molecule has 0 radical (unpaired) electrons. The molecule has 2 aliphatic carbocycles. The molecule has 0 saturated heterocycles. The maximum atomic E-state index is 13.0. The van der Waals surface area contributed by atoms with Gasteiger partial charge in [-0.3, -0.25) is 9.59 Å². The number of carbonyl (C=O) groups is 3. The van der Waals surface area contributed by atoms with Crippen molar-refractivity contribution in [3.05, 3.63) is 59.7 Å². The zero-order valence-corrected chi connectivity index (χ0v) is 19.8. The van der Waals surface area contributed by atoms with Crippen LogP contribution >= 0.6 is 0 Å². The summed E-state index contributed by atoms with van der Waals surface area (Å²) in [6, 6.07) is 15.1. The lowest BCUT2D eigenvalue weighted by Gasteiger charge is -2.23. The van der Waals surface area contributed by atoms with Gasteiger partial charge in [0, 0.05) is 18.4 Å². The van der Waals surface area contributed by atoms with Gasteiger partial charge in [0.2, 0.25) is 5.91 Å². The van der Waals surface area contributed by atoms with Gasteiger partial charge in [0.15, 0.2) is 0 Å². The summed E-state index contributed by atoms with van der Waals surface area (Å²) in [4.78, 5) is 36.8. The van der Waals surface area contributed by atoms with Crippen LogP contribution in [-0.4, -0.2) is 41.8 Å². The van der Waals surface area contributed by atoms with E-state index in [0.717, 1.165) is 41.5 Å². The van der Waals surface area contributed by atoms with Crippen molar-refractivity contribution in [2.75, 3.05) is 6.61 Å². The third-order valence-corrected chi connectivity index (χ3v) is 6.86. The first-order valence-corrected chi connectivity index (χ1v) is 12.0. The largest absolute Gasteiger partial charge is 0.481 e. The highest BCUT2D eigenvalue weighted by atomic mass is 16.5. The summed E-state index contributed by atoms with van der Waals surface area (Å²) in [7, 11) is 0.